The third-order valence-electron chi connectivity index (χ3n) is 7.10. The minimum atomic E-state index is -0.604. The summed E-state index contributed by atoms with van der Waals surface area (Å²) in [6.07, 6.45) is 2.86. The molecule has 3 aliphatic rings. The fourth-order valence-electron chi connectivity index (χ4n) is 5.84. The summed E-state index contributed by atoms with van der Waals surface area (Å²) < 4.78 is 5.03. The maximum Gasteiger partial charge on any atom is 0.311 e. The normalized spacial score (nSPS) is 33.2. The van der Waals surface area contributed by atoms with Crippen molar-refractivity contribution in [3.8, 4) is 5.75 Å². The van der Waals surface area contributed by atoms with E-state index in [2.05, 4.69) is 9.88 Å². The monoisotopic (exact) mass is 370 g/mol. The quantitative estimate of drug-likeness (QED) is 0.671. The van der Waals surface area contributed by atoms with Crippen LogP contribution < -0.4 is 0 Å². The van der Waals surface area contributed by atoms with Crippen molar-refractivity contribution in [3.63, 3.8) is 0 Å². The van der Waals surface area contributed by atoms with Gasteiger partial charge in [0.2, 0.25) is 0 Å². The van der Waals surface area contributed by atoms with Crippen LogP contribution in [0.2, 0.25) is 0 Å². The number of aromatic amines is 1. The van der Waals surface area contributed by atoms with Crippen LogP contribution in [0.4, 0.5) is 0 Å². The number of phenols is 1. The molecule has 0 radical (unpaired) electrons. The Morgan fingerprint density at radius 1 is 1.33 bits per heavy atom. The lowest BCUT2D eigenvalue weighted by molar-refractivity contribution is -0.160. The number of nitrogens with one attached hydrogen (secondary N) is 1. The first-order valence-electron chi connectivity index (χ1n) is 9.90. The average molecular weight is 370 g/mol. The molecular weight excluding hydrogens is 344 g/mol. The number of carbonyl (C=O) groups excluding carboxylic acids is 1. The molecule has 27 heavy (non-hydrogen) atoms. The van der Waals surface area contributed by atoms with E-state index in [1.807, 2.05) is 12.1 Å². The van der Waals surface area contributed by atoms with Gasteiger partial charge in [-0.05, 0) is 61.3 Å². The van der Waals surface area contributed by atoms with E-state index in [0.29, 0.717) is 12.3 Å². The van der Waals surface area contributed by atoms with Crippen molar-refractivity contribution < 1.29 is 19.7 Å². The Balaban J connectivity index is 1.53. The number of methoxy groups -OCH3 is 1. The van der Waals surface area contributed by atoms with E-state index in [-0.39, 0.29) is 23.7 Å². The van der Waals surface area contributed by atoms with Crippen molar-refractivity contribution in [1.82, 2.24) is 9.88 Å². The number of nitrogens with zero attached hydrogens (tertiary/aromatic N) is 1. The molecule has 3 N–H and O–H groups in total. The van der Waals surface area contributed by atoms with Crippen molar-refractivity contribution >= 4 is 16.9 Å². The molecule has 144 valence electrons. The van der Waals surface area contributed by atoms with E-state index < -0.39 is 12.0 Å². The summed E-state index contributed by atoms with van der Waals surface area (Å²) in [5.41, 5.74) is 3.55. The minimum Gasteiger partial charge on any atom is -0.508 e. The lowest BCUT2D eigenvalue weighted by Gasteiger charge is -2.50. The number of aromatic nitrogens is 1. The van der Waals surface area contributed by atoms with Crippen molar-refractivity contribution in [3.05, 3.63) is 29.5 Å². The summed E-state index contributed by atoms with van der Waals surface area (Å²) >= 11 is 0. The number of rotatable bonds is 1. The van der Waals surface area contributed by atoms with Gasteiger partial charge in [0.1, 0.15) is 5.75 Å². The highest BCUT2D eigenvalue weighted by molar-refractivity contribution is 5.86. The van der Waals surface area contributed by atoms with Crippen LogP contribution in [0.25, 0.3) is 10.9 Å². The molecule has 1 saturated carbocycles. The van der Waals surface area contributed by atoms with Gasteiger partial charge in [0.25, 0.3) is 0 Å². The molecule has 0 bridgehead atoms. The van der Waals surface area contributed by atoms with E-state index in [4.69, 9.17) is 4.74 Å². The zero-order valence-electron chi connectivity index (χ0n) is 15.5. The molecule has 1 aliphatic carbocycles. The molecule has 0 amide bonds. The number of hydrogen-bond donors (Lipinski definition) is 3. The zero-order chi connectivity index (χ0) is 18.7. The van der Waals surface area contributed by atoms with Gasteiger partial charge in [-0.2, -0.15) is 0 Å². The van der Waals surface area contributed by atoms with E-state index in [1.54, 1.807) is 6.07 Å². The first-order chi connectivity index (χ1) is 13.1. The second-order valence-corrected chi connectivity index (χ2v) is 8.36. The number of ether oxygens (including phenoxy) is 1. The number of aliphatic hydroxyl groups excluding tert-OH is 1. The lowest BCUT2D eigenvalue weighted by atomic mass is 9.65. The number of fused-ring (bicyclic) bond motifs is 6. The van der Waals surface area contributed by atoms with Crippen molar-refractivity contribution in [2.45, 2.75) is 37.8 Å². The highest BCUT2D eigenvalue weighted by atomic mass is 16.5. The van der Waals surface area contributed by atoms with Gasteiger partial charge in [0, 0.05) is 29.7 Å². The highest BCUT2D eigenvalue weighted by Crippen LogP contribution is 2.49. The molecule has 3 heterocycles. The maximum absolute atomic E-state index is 12.4. The Labute approximate surface area is 158 Å². The number of piperidine rings is 1. The summed E-state index contributed by atoms with van der Waals surface area (Å²) in [4.78, 5) is 18.5. The molecule has 6 nitrogen and oxygen atoms in total. The molecule has 0 spiro atoms. The van der Waals surface area contributed by atoms with Gasteiger partial charge in [-0.1, -0.05) is 0 Å². The van der Waals surface area contributed by atoms with E-state index in [9.17, 15) is 15.0 Å². The van der Waals surface area contributed by atoms with Crippen LogP contribution in [0.15, 0.2) is 18.2 Å². The maximum atomic E-state index is 12.4. The van der Waals surface area contributed by atoms with Crippen molar-refractivity contribution in [2.24, 2.45) is 17.8 Å². The molecule has 0 unspecified atom stereocenters. The molecule has 5 atom stereocenters. The van der Waals surface area contributed by atoms with Gasteiger partial charge in [-0.3, -0.25) is 9.69 Å². The fraction of sp³-hybridized carbons (Fsp3) is 0.571. The fourth-order valence-corrected chi connectivity index (χ4v) is 5.84. The summed E-state index contributed by atoms with van der Waals surface area (Å²) in [5.74, 6) is 0.173. The second kappa shape index (κ2) is 6.24. The molecule has 1 aromatic heterocycles. The number of benzene rings is 1. The minimum absolute atomic E-state index is 0.146. The summed E-state index contributed by atoms with van der Waals surface area (Å²) in [5, 5.41) is 21.5. The van der Waals surface area contributed by atoms with Crippen LogP contribution in [0, 0.1) is 17.8 Å². The summed E-state index contributed by atoms with van der Waals surface area (Å²) in [6, 6.07) is 5.71. The summed E-state index contributed by atoms with van der Waals surface area (Å²) in [7, 11) is 1.41. The lowest BCUT2D eigenvalue weighted by Crippen LogP contribution is -2.53. The SMILES string of the molecule is COC(=O)[C@@H]1[C@H]2C[C@H]3c4[nH]c5ccc(O)cc5c4CCN3C[C@@H]2CC[C@@H]1O. The van der Waals surface area contributed by atoms with Crippen LogP contribution in [0.3, 0.4) is 0 Å². The van der Waals surface area contributed by atoms with Crippen LogP contribution in [0.5, 0.6) is 5.75 Å². The Morgan fingerprint density at radius 3 is 3.00 bits per heavy atom. The molecule has 2 fully saturated rings. The predicted molar refractivity (Wildman–Crippen MR) is 100 cm³/mol. The van der Waals surface area contributed by atoms with Gasteiger partial charge in [-0.15, -0.1) is 0 Å². The number of aromatic hydroxyl groups is 1. The van der Waals surface area contributed by atoms with Crippen molar-refractivity contribution in [1.29, 1.82) is 0 Å². The molecule has 5 rings (SSSR count). The number of phenolic OH excluding ortho intramolecular Hbond substituents is 1. The Kier molecular flexibility index (Phi) is 3.95. The smallest absolute Gasteiger partial charge is 0.311 e. The second-order valence-electron chi connectivity index (χ2n) is 8.36. The number of H-pyrrole nitrogens is 1. The third-order valence-corrected chi connectivity index (χ3v) is 7.10. The largest absolute Gasteiger partial charge is 0.508 e. The molecular formula is C21H26N2O4. The van der Waals surface area contributed by atoms with Gasteiger partial charge in [-0.25, -0.2) is 0 Å². The molecule has 1 saturated heterocycles. The van der Waals surface area contributed by atoms with Gasteiger partial charge >= 0.3 is 5.97 Å². The third kappa shape index (κ3) is 2.57. The van der Waals surface area contributed by atoms with E-state index in [0.717, 1.165) is 43.3 Å². The van der Waals surface area contributed by atoms with Crippen LogP contribution in [-0.4, -0.2) is 52.4 Å². The van der Waals surface area contributed by atoms with E-state index >= 15 is 0 Å². The van der Waals surface area contributed by atoms with Crippen LogP contribution in [0.1, 0.15) is 36.6 Å². The van der Waals surface area contributed by atoms with Gasteiger partial charge in [0.05, 0.1) is 25.2 Å². The van der Waals surface area contributed by atoms with Gasteiger partial charge in [0.15, 0.2) is 0 Å². The highest BCUT2D eigenvalue weighted by Gasteiger charge is 2.49. The number of hydrogen-bond acceptors (Lipinski definition) is 5. The number of aliphatic hydroxyl groups is 1. The van der Waals surface area contributed by atoms with Crippen LogP contribution in [-0.2, 0) is 16.0 Å². The molecule has 6 heteroatoms. The van der Waals surface area contributed by atoms with Crippen LogP contribution >= 0.6 is 0 Å². The van der Waals surface area contributed by atoms with E-state index in [1.165, 1.54) is 18.4 Å². The number of carbonyl (C=O) groups is 1. The zero-order valence-corrected chi connectivity index (χ0v) is 15.5. The number of esters is 1. The Hall–Kier alpha value is -2.05. The summed E-state index contributed by atoms with van der Waals surface area (Å²) in [6.45, 7) is 1.96. The van der Waals surface area contributed by atoms with Gasteiger partial charge < -0.3 is 19.9 Å². The first kappa shape index (κ1) is 17.1. The van der Waals surface area contributed by atoms with Crippen molar-refractivity contribution in [2.75, 3.05) is 20.2 Å². The standard InChI is InChI=1S/C21H26N2O4/c1-27-21(26)19-14-9-17-20-13(15-8-12(24)3-4-16(15)22-20)6-7-23(17)10-11(14)2-5-18(19)25/h3-4,8,11,14,17-19,22,24-25H,2,5-7,9-10H2,1H3/t11-,14-,17-,18-,19+/m0/s1. The average Bonchev–Trinajstić information content (AvgIpc) is 3.04. The molecule has 2 aliphatic heterocycles. The topological polar surface area (TPSA) is 85.8 Å². The Bertz CT molecular complexity index is 892. The predicted octanol–water partition coefficient (Wildman–Crippen LogP) is 2.35. The Morgan fingerprint density at radius 2 is 2.19 bits per heavy atom. The molecule has 1 aromatic carbocycles. The molecule has 2 aromatic rings. The first-order valence-corrected chi connectivity index (χ1v) is 9.90.